The molecule has 2 heterocycles. The van der Waals surface area contributed by atoms with Gasteiger partial charge in [0.1, 0.15) is 5.69 Å². The molecule has 0 radical (unpaired) electrons. The van der Waals surface area contributed by atoms with Crippen molar-refractivity contribution in [2.75, 3.05) is 5.32 Å². The van der Waals surface area contributed by atoms with Gasteiger partial charge >= 0.3 is 6.03 Å². The monoisotopic (exact) mass is 342 g/mol. The van der Waals surface area contributed by atoms with Crippen molar-refractivity contribution < 1.29 is 9.18 Å². The molecule has 3 rings (SSSR count). The molecule has 2 amide bonds. The SMILES string of the molecule is Cc1cnn(-c2ccc(NC(=O)N[C@H](C)c3cnn(C)c3)cc2F)c1. The number of anilines is 1. The van der Waals surface area contributed by atoms with Crippen LogP contribution in [0.4, 0.5) is 14.9 Å². The van der Waals surface area contributed by atoms with Crippen LogP contribution < -0.4 is 10.6 Å². The van der Waals surface area contributed by atoms with Gasteiger partial charge in [-0.1, -0.05) is 0 Å². The Balaban J connectivity index is 1.66. The first-order chi connectivity index (χ1) is 11.9. The molecule has 0 saturated heterocycles. The van der Waals surface area contributed by atoms with Crippen LogP contribution in [0.3, 0.4) is 0 Å². The van der Waals surface area contributed by atoms with Gasteiger partial charge in [0.25, 0.3) is 0 Å². The Hall–Kier alpha value is -3.16. The van der Waals surface area contributed by atoms with E-state index in [1.165, 1.54) is 10.7 Å². The topological polar surface area (TPSA) is 76.8 Å². The van der Waals surface area contributed by atoms with Crippen LogP contribution in [0.5, 0.6) is 0 Å². The number of aromatic nitrogens is 4. The van der Waals surface area contributed by atoms with Gasteiger partial charge in [-0.2, -0.15) is 10.2 Å². The summed E-state index contributed by atoms with van der Waals surface area (Å²) in [6.45, 7) is 3.73. The van der Waals surface area contributed by atoms with Crippen molar-refractivity contribution in [1.82, 2.24) is 24.9 Å². The number of urea groups is 1. The highest BCUT2D eigenvalue weighted by molar-refractivity contribution is 5.89. The van der Waals surface area contributed by atoms with E-state index < -0.39 is 11.8 Å². The van der Waals surface area contributed by atoms with E-state index in [1.54, 1.807) is 35.4 Å². The standard InChI is InChI=1S/C17H19FN6O/c1-11-7-20-24(9-11)16-5-4-14(6-15(16)18)22-17(25)21-12(2)13-8-19-23(3)10-13/h4-10,12H,1-3H3,(H2,21,22,25)/t12-/m1/s1. The molecule has 7 nitrogen and oxygen atoms in total. The Morgan fingerprint density at radius 2 is 2.04 bits per heavy atom. The van der Waals surface area contributed by atoms with E-state index in [2.05, 4.69) is 20.8 Å². The van der Waals surface area contributed by atoms with Crippen LogP contribution in [-0.4, -0.2) is 25.6 Å². The van der Waals surface area contributed by atoms with Gasteiger partial charge in [0.15, 0.2) is 5.82 Å². The summed E-state index contributed by atoms with van der Waals surface area (Å²) in [6, 6.07) is 3.83. The van der Waals surface area contributed by atoms with Crippen molar-refractivity contribution in [2.45, 2.75) is 19.9 Å². The van der Waals surface area contributed by atoms with E-state index in [9.17, 15) is 9.18 Å². The van der Waals surface area contributed by atoms with Crippen LogP contribution in [0.2, 0.25) is 0 Å². The minimum absolute atomic E-state index is 0.218. The van der Waals surface area contributed by atoms with E-state index in [0.717, 1.165) is 11.1 Å². The Labute approximate surface area is 144 Å². The third-order valence-corrected chi connectivity index (χ3v) is 3.74. The van der Waals surface area contributed by atoms with Gasteiger partial charge in [0, 0.05) is 30.7 Å². The number of nitrogens with one attached hydrogen (secondary N) is 2. The van der Waals surface area contributed by atoms with Crippen LogP contribution in [0.1, 0.15) is 24.1 Å². The molecule has 0 fully saturated rings. The normalized spacial score (nSPS) is 12.0. The smallest absolute Gasteiger partial charge is 0.319 e. The number of hydrogen-bond acceptors (Lipinski definition) is 3. The molecular weight excluding hydrogens is 323 g/mol. The van der Waals surface area contributed by atoms with Crippen molar-refractivity contribution in [3.8, 4) is 5.69 Å². The summed E-state index contributed by atoms with van der Waals surface area (Å²) in [5.41, 5.74) is 2.50. The van der Waals surface area contributed by atoms with Crippen LogP contribution >= 0.6 is 0 Å². The van der Waals surface area contributed by atoms with Gasteiger partial charge in [-0.05, 0) is 37.6 Å². The number of rotatable bonds is 4. The van der Waals surface area contributed by atoms with Gasteiger partial charge in [-0.15, -0.1) is 0 Å². The van der Waals surface area contributed by atoms with Crippen LogP contribution in [0, 0.1) is 12.7 Å². The van der Waals surface area contributed by atoms with Gasteiger partial charge in [0.05, 0.1) is 18.4 Å². The first-order valence-electron chi connectivity index (χ1n) is 7.79. The molecule has 0 spiro atoms. The Morgan fingerprint density at radius 3 is 2.64 bits per heavy atom. The lowest BCUT2D eigenvalue weighted by atomic mass is 10.2. The van der Waals surface area contributed by atoms with Gasteiger partial charge in [-0.25, -0.2) is 13.9 Å². The molecule has 0 aliphatic rings. The Kier molecular flexibility index (Phi) is 4.51. The molecular formula is C17H19FN6O. The highest BCUT2D eigenvalue weighted by Gasteiger charge is 2.12. The summed E-state index contributed by atoms with van der Waals surface area (Å²) in [7, 11) is 1.81. The van der Waals surface area contributed by atoms with Crippen molar-refractivity contribution >= 4 is 11.7 Å². The zero-order valence-corrected chi connectivity index (χ0v) is 14.2. The van der Waals surface area contributed by atoms with E-state index in [1.807, 2.05) is 27.1 Å². The lowest BCUT2D eigenvalue weighted by Crippen LogP contribution is -2.31. The maximum atomic E-state index is 14.3. The van der Waals surface area contributed by atoms with Crippen LogP contribution in [-0.2, 0) is 7.05 Å². The number of halogens is 1. The highest BCUT2D eigenvalue weighted by atomic mass is 19.1. The number of benzene rings is 1. The first kappa shape index (κ1) is 16.7. The molecule has 130 valence electrons. The van der Waals surface area contributed by atoms with Crippen molar-refractivity contribution in [3.05, 3.63) is 59.9 Å². The molecule has 3 aromatic rings. The third-order valence-electron chi connectivity index (χ3n) is 3.74. The fraction of sp³-hybridized carbons (Fsp3) is 0.235. The van der Waals surface area contributed by atoms with Gasteiger partial charge in [0.2, 0.25) is 0 Å². The van der Waals surface area contributed by atoms with Gasteiger partial charge < -0.3 is 10.6 Å². The summed E-state index contributed by atoms with van der Waals surface area (Å²) in [4.78, 5) is 12.1. The van der Waals surface area contributed by atoms with Crippen molar-refractivity contribution in [3.63, 3.8) is 0 Å². The van der Waals surface area contributed by atoms with Crippen LogP contribution in [0.25, 0.3) is 5.69 Å². The molecule has 2 aromatic heterocycles. The second-order valence-corrected chi connectivity index (χ2v) is 5.90. The molecule has 1 aromatic carbocycles. The summed E-state index contributed by atoms with van der Waals surface area (Å²) < 4.78 is 17.4. The lowest BCUT2D eigenvalue weighted by molar-refractivity contribution is 0.249. The quantitative estimate of drug-likeness (QED) is 0.765. The average Bonchev–Trinajstić information content (AvgIpc) is 3.16. The first-order valence-corrected chi connectivity index (χ1v) is 7.79. The van der Waals surface area contributed by atoms with Crippen molar-refractivity contribution in [1.29, 1.82) is 0 Å². The lowest BCUT2D eigenvalue weighted by Gasteiger charge is -2.13. The third kappa shape index (κ3) is 3.85. The Bertz CT molecular complexity index is 900. The van der Waals surface area contributed by atoms with E-state index >= 15 is 0 Å². The highest BCUT2D eigenvalue weighted by Crippen LogP contribution is 2.18. The fourth-order valence-corrected chi connectivity index (χ4v) is 2.43. The Morgan fingerprint density at radius 1 is 1.24 bits per heavy atom. The van der Waals surface area contributed by atoms with Crippen LogP contribution in [0.15, 0.2) is 43.0 Å². The molecule has 0 saturated carbocycles. The van der Waals surface area contributed by atoms with Crippen molar-refractivity contribution in [2.24, 2.45) is 7.05 Å². The zero-order chi connectivity index (χ0) is 18.0. The molecule has 8 heteroatoms. The number of aryl methyl sites for hydroxylation is 2. The number of carbonyl (C=O) groups excluding carboxylic acids is 1. The number of amides is 2. The summed E-state index contributed by atoms with van der Waals surface area (Å²) >= 11 is 0. The predicted octanol–water partition coefficient (Wildman–Crippen LogP) is 2.94. The predicted molar refractivity (Wildman–Crippen MR) is 92.0 cm³/mol. The van der Waals surface area contributed by atoms with Gasteiger partial charge in [-0.3, -0.25) is 4.68 Å². The molecule has 1 atom stereocenters. The molecule has 0 aliphatic heterocycles. The summed E-state index contributed by atoms with van der Waals surface area (Å²) in [6.07, 6.45) is 6.89. The molecule has 0 aliphatic carbocycles. The van der Waals surface area contributed by atoms with E-state index in [0.29, 0.717) is 11.4 Å². The number of nitrogens with zero attached hydrogens (tertiary/aromatic N) is 4. The molecule has 25 heavy (non-hydrogen) atoms. The maximum absolute atomic E-state index is 14.3. The molecule has 2 N–H and O–H groups in total. The number of hydrogen-bond donors (Lipinski definition) is 2. The largest absolute Gasteiger partial charge is 0.331 e. The second-order valence-electron chi connectivity index (χ2n) is 5.90. The second kappa shape index (κ2) is 6.76. The summed E-state index contributed by atoms with van der Waals surface area (Å²) in [5.74, 6) is -0.471. The molecule has 0 unspecified atom stereocenters. The zero-order valence-electron chi connectivity index (χ0n) is 14.2. The minimum Gasteiger partial charge on any atom is -0.331 e. The van der Waals surface area contributed by atoms with E-state index in [4.69, 9.17) is 0 Å². The summed E-state index contributed by atoms with van der Waals surface area (Å²) in [5, 5.41) is 13.6. The number of carbonyl (C=O) groups is 1. The fourth-order valence-electron chi connectivity index (χ4n) is 2.43. The molecule has 0 bridgehead atoms. The maximum Gasteiger partial charge on any atom is 0.319 e. The average molecular weight is 342 g/mol. The minimum atomic E-state index is -0.471. The van der Waals surface area contributed by atoms with E-state index in [-0.39, 0.29) is 6.04 Å².